The second kappa shape index (κ2) is 9.87. The topological polar surface area (TPSA) is 72.4 Å². The van der Waals surface area contributed by atoms with Gasteiger partial charge >= 0.3 is 0 Å². The van der Waals surface area contributed by atoms with Crippen molar-refractivity contribution in [1.82, 2.24) is 25.4 Å². The first-order valence-electron chi connectivity index (χ1n) is 9.02. The lowest BCUT2D eigenvalue weighted by Gasteiger charge is -2.37. The average molecular weight is 509 g/mol. The fraction of sp³-hybridized carbons (Fsp3) is 0.316. The number of nitrogens with zero attached hydrogens (tertiary/aromatic N) is 5. The van der Waals surface area contributed by atoms with Gasteiger partial charge in [-0.3, -0.25) is 10.1 Å². The highest BCUT2D eigenvalue weighted by atomic mass is 127. The predicted octanol–water partition coefficient (Wildman–Crippen LogP) is 3.05. The summed E-state index contributed by atoms with van der Waals surface area (Å²) in [7, 11) is 1.85. The number of anilines is 1. The van der Waals surface area contributed by atoms with E-state index in [2.05, 4.69) is 64.9 Å². The molecule has 0 unspecified atom stereocenters. The van der Waals surface area contributed by atoms with Crippen molar-refractivity contribution in [2.45, 2.75) is 6.54 Å². The van der Waals surface area contributed by atoms with E-state index in [1.54, 1.807) is 11.3 Å². The average Bonchev–Trinajstić information content (AvgIpc) is 3.43. The summed E-state index contributed by atoms with van der Waals surface area (Å²) < 4.78 is 0. The third-order valence-electron chi connectivity index (χ3n) is 4.67. The molecular weight excluding hydrogens is 485 g/mol. The van der Waals surface area contributed by atoms with Crippen molar-refractivity contribution in [3.63, 3.8) is 0 Å². The van der Waals surface area contributed by atoms with Crippen LogP contribution in [0.5, 0.6) is 0 Å². The zero-order chi connectivity index (χ0) is 18.5. The summed E-state index contributed by atoms with van der Waals surface area (Å²) in [5, 5.41) is 13.8. The van der Waals surface area contributed by atoms with E-state index in [1.165, 1.54) is 16.9 Å². The van der Waals surface area contributed by atoms with E-state index in [0.29, 0.717) is 0 Å². The molecule has 1 fully saturated rings. The van der Waals surface area contributed by atoms with Gasteiger partial charge in [0.05, 0.1) is 5.00 Å². The Bertz CT molecular complexity index is 872. The Balaban J connectivity index is 0.00000225. The number of hydrogen-bond donors (Lipinski definition) is 2. The minimum Gasteiger partial charge on any atom is -0.360 e. The van der Waals surface area contributed by atoms with E-state index in [-0.39, 0.29) is 24.0 Å². The van der Waals surface area contributed by atoms with Crippen molar-refractivity contribution in [2.24, 2.45) is 4.99 Å². The molecule has 0 saturated carbocycles. The number of thiophene rings is 1. The van der Waals surface area contributed by atoms with Crippen LogP contribution in [0.4, 0.5) is 5.00 Å². The number of benzene rings is 1. The minimum absolute atomic E-state index is 0. The summed E-state index contributed by atoms with van der Waals surface area (Å²) in [6.07, 6.45) is 1.53. The summed E-state index contributed by atoms with van der Waals surface area (Å²) in [5.74, 6) is 1.73. The van der Waals surface area contributed by atoms with Gasteiger partial charge in [-0.1, -0.05) is 18.2 Å². The fourth-order valence-electron chi connectivity index (χ4n) is 3.28. The predicted molar refractivity (Wildman–Crippen MR) is 126 cm³/mol. The molecular formula is C19H24IN7S. The normalized spacial score (nSPS) is 14.7. The SMILES string of the molecule is CN=C(NCc1cccc(-c2ncn[nH]2)c1)N1CCN(c2cccs2)CC1.I. The van der Waals surface area contributed by atoms with Crippen molar-refractivity contribution < 1.29 is 0 Å². The first-order valence-corrected chi connectivity index (χ1v) is 9.90. The Labute approximate surface area is 185 Å². The van der Waals surface area contributed by atoms with Crippen LogP contribution in [0.3, 0.4) is 0 Å². The molecule has 2 aromatic heterocycles. The smallest absolute Gasteiger partial charge is 0.194 e. The highest BCUT2D eigenvalue weighted by molar-refractivity contribution is 14.0. The molecule has 1 saturated heterocycles. The minimum atomic E-state index is 0. The molecule has 1 aliphatic rings. The van der Waals surface area contributed by atoms with Crippen LogP contribution in [0, 0.1) is 0 Å². The second-order valence-corrected chi connectivity index (χ2v) is 7.29. The molecule has 0 radical (unpaired) electrons. The van der Waals surface area contributed by atoms with Gasteiger partial charge in [0, 0.05) is 45.3 Å². The maximum Gasteiger partial charge on any atom is 0.194 e. The van der Waals surface area contributed by atoms with E-state index >= 15 is 0 Å². The lowest BCUT2D eigenvalue weighted by Crippen LogP contribution is -2.52. The largest absolute Gasteiger partial charge is 0.360 e. The van der Waals surface area contributed by atoms with Gasteiger partial charge in [0.25, 0.3) is 0 Å². The van der Waals surface area contributed by atoms with Gasteiger partial charge in [0.2, 0.25) is 0 Å². The van der Waals surface area contributed by atoms with Crippen LogP contribution < -0.4 is 10.2 Å². The number of rotatable bonds is 4. The molecule has 0 amide bonds. The molecule has 4 rings (SSSR count). The van der Waals surface area contributed by atoms with E-state index in [9.17, 15) is 0 Å². The zero-order valence-electron chi connectivity index (χ0n) is 15.7. The molecule has 28 heavy (non-hydrogen) atoms. The van der Waals surface area contributed by atoms with Gasteiger partial charge in [0.15, 0.2) is 11.8 Å². The fourth-order valence-corrected chi connectivity index (χ4v) is 4.06. The molecule has 9 heteroatoms. The number of nitrogens with one attached hydrogen (secondary N) is 2. The van der Waals surface area contributed by atoms with E-state index in [1.807, 2.05) is 19.2 Å². The van der Waals surface area contributed by atoms with Gasteiger partial charge in [-0.25, -0.2) is 4.98 Å². The molecule has 1 aliphatic heterocycles. The van der Waals surface area contributed by atoms with Crippen LogP contribution in [0.2, 0.25) is 0 Å². The highest BCUT2D eigenvalue weighted by Gasteiger charge is 2.20. The van der Waals surface area contributed by atoms with Gasteiger partial charge < -0.3 is 15.1 Å². The highest BCUT2D eigenvalue weighted by Crippen LogP contribution is 2.22. The number of aromatic nitrogens is 3. The molecule has 2 N–H and O–H groups in total. The Morgan fingerprint density at radius 1 is 1.21 bits per heavy atom. The van der Waals surface area contributed by atoms with E-state index < -0.39 is 0 Å². The Morgan fingerprint density at radius 2 is 2.07 bits per heavy atom. The van der Waals surface area contributed by atoms with Gasteiger partial charge in [-0.15, -0.1) is 35.3 Å². The van der Waals surface area contributed by atoms with Crippen LogP contribution >= 0.6 is 35.3 Å². The van der Waals surface area contributed by atoms with Crippen LogP contribution in [0.15, 0.2) is 53.1 Å². The maximum absolute atomic E-state index is 4.47. The third kappa shape index (κ3) is 4.82. The Hall–Kier alpha value is -2.14. The lowest BCUT2D eigenvalue weighted by molar-refractivity contribution is 0.373. The zero-order valence-corrected chi connectivity index (χ0v) is 18.9. The van der Waals surface area contributed by atoms with Crippen molar-refractivity contribution in [3.8, 4) is 11.4 Å². The molecule has 0 bridgehead atoms. The van der Waals surface area contributed by atoms with Crippen LogP contribution in [-0.2, 0) is 6.54 Å². The number of piperazine rings is 1. The standard InChI is InChI=1S/C19H23N7S.HI/c1-20-19(26-9-7-25(8-10-26)17-6-3-11-27-17)21-13-15-4-2-5-16(12-15)18-22-14-23-24-18;/h2-6,11-12,14H,7-10,13H2,1H3,(H,20,21)(H,22,23,24);1H. The third-order valence-corrected chi connectivity index (χ3v) is 5.60. The molecule has 3 aromatic rings. The van der Waals surface area contributed by atoms with E-state index in [0.717, 1.165) is 50.1 Å². The quantitative estimate of drug-likeness (QED) is 0.322. The first kappa shape index (κ1) is 20.6. The monoisotopic (exact) mass is 509 g/mol. The summed E-state index contributed by atoms with van der Waals surface area (Å²) in [6, 6.07) is 12.6. The van der Waals surface area contributed by atoms with Gasteiger partial charge in [-0.2, -0.15) is 5.10 Å². The number of H-pyrrole nitrogens is 1. The number of guanidine groups is 1. The summed E-state index contributed by atoms with van der Waals surface area (Å²) in [6.45, 7) is 4.69. The Kier molecular flexibility index (Phi) is 7.26. The van der Waals surface area contributed by atoms with Crippen molar-refractivity contribution in [3.05, 3.63) is 53.7 Å². The second-order valence-electron chi connectivity index (χ2n) is 6.36. The van der Waals surface area contributed by atoms with Gasteiger partial charge in [-0.05, 0) is 29.1 Å². The molecule has 7 nitrogen and oxygen atoms in total. The number of hydrogen-bond acceptors (Lipinski definition) is 5. The first-order chi connectivity index (χ1) is 13.3. The molecule has 3 heterocycles. The maximum atomic E-state index is 4.47. The number of aromatic amines is 1. The van der Waals surface area contributed by atoms with Crippen molar-refractivity contribution in [1.29, 1.82) is 0 Å². The van der Waals surface area contributed by atoms with Crippen LogP contribution in [0.25, 0.3) is 11.4 Å². The van der Waals surface area contributed by atoms with Gasteiger partial charge in [0.1, 0.15) is 6.33 Å². The summed E-state index contributed by atoms with van der Waals surface area (Å²) >= 11 is 1.80. The molecule has 0 spiro atoms. The van der Waals surface area contributed by atoms with Crippen molar-refractivity contribution >= 4 is 46.3 Å². The van der Waals surface area contributed by atoms with E-state index in [4.69, 9.17) is 0 Å². The molecule has 1 aromatic carbocycles. The number of aliphatic imine (C=N–C) groups is 1. The molecule has 148 valence electrons. The lowest BCUT2D eigenvalue weighted by atomic mass is 10.1. The van der Waals surface area contributed by atoms with Crippen LogP contribution in [0.1, 0.15) is 5.56 Å². The van der Waals surface area contributed by atoms with Crippen molar-refractivity contribution in [2.75, 3.05) is 38.1 Å². The number of halogens is 1. The summed E-state index contributed by atoms with van der Waals surface area (Å²) in [4.78, 5) is 13.5. The molecule has 0 atom stereocenters. The molecule has 0 aliphatic carbocycles. The summed E-state index contributed by atoms with van der Waals surface area (Å²) in [5.41, 5.74) is 2.22. The van der Waals surface area contributed by atoms with Crippen LogP contribution in [-0.4, -0.2) is 59.3 Å². The Morgan fingerprint density at radius 3 is 2.75 bits per heavy atom.